The molecule has 44 heavy (non-hydrogen) atoms. The summed E-state index contributed by atoms with van der Waals surface area (Å²) in [6, 6.07) is 13.2. The minimum Gasteiger partial charge on any atom is -0.462 e. The van der Waals surface area contributed by atoms with E-state index < -0.39 is 29.4 Å². The number of esters is 1. The highest BCUT2D eigenvalue weighted by Gasteiger charge is 2.43. The fourth-order valence-electron chi connectivity index (χ4n) is 6.29. The molecule has 1 aromatic heterocycles. The van der Waals surface area contributed by atoms with E-state index in [2.05, 4.69) is 22.1 Å². The van der Waals surface area contributed by atoms with E-state index in [1.165, 1.54) is 0 Å². The second-order valence-corrected chi connectivity index (χ2v) is 12.0. The van der Waals surface area contributed by atoms with Crippen molar-refractivity contribution in [3.05, 3.63) is 64.9 Å². The van der Waals surface area contributed by atoms with Gasteiger partial charge >= 0.3 is 12.1 Å². The Morgan fingerprint density at radius 3 is 2.36 bits per heavy atom. The first-order chi connectivity index (χ1) is 21.1. The lowest BCUT2D eigenvalue weighted by Crippen LogP contribution is -2.49. The summed E-state index contributed by atoms with van der Waals surface area (Å²) in [4.78, 5) is 31.0. The molecule has 1 atom stereocenters. The van der Waals surface area contributed by atoms with Crippen LogP contribution in [0.3, 0.4) is 0 Å². The largest absolute Gasteiger partial charge is 0.462 e. The molecule has 1 amide bonds. The molecule has 0 N–H and O–H groups in total. The quantitative estimate of drug-likeness (QED) is 0.286. The number of anilines is 2. The van der Waals surface area contributed by atoms with Gasteiger partial charge < -0.3 is 19.4 Å². The van der Waals surface area contributed by atoms with Crippen molar-refractivity contribution < 1.29 is 27.5 Å². The summed E-state index contributed by atoms with van der Waals surface area (Å²) in [5.41, 5.74) is 2.14. The van der Waals surface area contributed by atoms with Gasteiger partial charge in [0, 0.05) is 67.1 Å². The van der Waals surface area contributed by atoms with Crippen molar-refractivity contribution in [2.75, 3.05) is 55.7 Å². The molecule has 6 rings (SSSR count). The summed E-state index contributed by atoms with van der Waals surface area (Å²) in [5, 5.41) is 4.56. The Morgan fingerprint density at radius 2 is 1.70 bits per heavy atom. The summed E-state index contributed by atoms with van der Waals surface area (Å²) in [5.74, 6) is -0.511. The number of benzene rings is 2. The van der Waals surface area contributed by atoms with Crippen LogP contribution in [-0.2, 0) is 15.7 Å². The van der Waals surface area contributed by atoms with Crippen LogP contribution in [0.25, 0.3) is 11.1 Å². The Kier molecular flexibility index (Phi) is 8.50. The minimum atomic E-state index is -4.77. The Morgan fingerprint density at radius 1 is 0.977 bits per heavy atom. The van der Waals surface area contributed by atoms with Crippen LogP contribution < -0.4 is 9.80 Å². The van der Waals surface area contributed by atoms with Crippen LogP contribution in [-0.4, -0.2) is 72.4 Å². The summed E-state index contributed by atoms with van der Waals surface area (Å²) in [6.45, 7) is 5.43. The van der Waals surface area contributed by atoms with Gasteiger partial charge in [-0.3, -0.25) is 9.48 Å². The van der Waals surface area contributed by atoms with Crippen molar-refractivity contribution in [2.24, 2.45) is 5.92 Å². The summed E-state index contributed by atoms with van der Waals surface area (Å²) >= 11 is 6.43. The number of alkyl halides is 3. The van der Waals surface area contributed by atoms with Gasteiger partial charge in [0.15, 0.2) is 5.69 Å². The molecular weight excluding hydrogens is 595 g/mol. The lowest BCUT2D eigenvalue weighted by atomic mass is 9.99. The van der Waals surface area contributed by atoms with Crippen LogP contribution in [0.4, 0.5) is 24.5 Å². The van der Waals surface area contributed by atoms with Gasteiger partial charge in [0.2, 0.25) is 5.91 Å². The first kappa shape index (κ1) is 30.3. The monoisotopic (exact) mass is 629 g/mol. The number of nitrogens with zero attached hydrogens (tertiary/aromatic N) is 5. The Labute approximate surface area is 259 Å². The number of hydrogen-bond donors (Lipinski definition) is 0. The van der Waals surface area contributed by atoms with Crippen LogP contribution in [0.2, 0.25) is 5.02 Å². The van der Waals surface area contributed by atoms with Gasteiger partial charge in [0.25, 0.3) is 0 Å². The Bertz CT molecular complexity index is 1510. The number of hydrogen-bond acceptors (Lipinski definition) is 6. The third-order valence-corrected chi connectivity index (χ3v) is 8.90. The van der Waals surface area contributed by atoms with Crippen molar-refractivity contribution in [3.63, 3.8) is 0 Å². The number of ether oxygens (including phenoxy) is 1. The van der Waals surface area contributed by atoms with Crippen LogP contribution in [0.15, 0.2) is 48.7 Å². The number of carbonyl (C=O) groups excluding carboxylic acids is 2. The maximum Gasteiger partial charge on any atom is 0.433 e. The topological polar surface area (TPSA) is 70.9 Å². The first-order valence-electron chi connectivity index (χ1n) is 15.1. The number of rotatable bonds is 7. The molecule has 2 saturated heterocycles. The van der Waals surface area contributed by atoms with E-state index in [0.717, 1.165) is 72.4 Å². The predicted molar refractivity (Wildman–Crippen MR) is 162 cm³/mol. The zero-order valence-corrected chi connectivity index (χ0v) is 25.3. The number of carbonyl (C=O) groups is 2. The molecule has 12 heteroatoms. The molecule has 1 unspecified atom stereocenters. The maximum absolute atomic E-state index is 14.2. The Balaban J connectivity index is 1.21. The van der Waals surface area contributed by atoms with Gasteiger partial charge in [-0.2, -0.15) is 18.3 Å². The highest BCUT2D eigenvalue weighted by atomic mass is 35.5. The van der Waals surface area contributed by atoms with Gasteiger partial charge in [-0.25, -0.2) is 4.79 Å². The number of halogens is 4. The van der Waals surface area contributed by atoms with E-state index >= 15 is 0 Å². The molecule has 3 aliphatic rings. The average molecular weight is 630 g/mol. The fraction of sp³-hybridized carbons (Fsp3) is 0.469. The van der Waals surface area contributed by atoms with E-state index in [0.29, 0.717) is 24.4 Å². The molecule has 8 nitrogen and oxygen atoms in total. The van der Waals surface area contributed by atoms with E-state index in [9.17, 15) is 22.8 Å². The second kappa shape index (κ2) is 12.3. The van der Waals surface area contributed by atoms with E-state index in [1.807, 2.05) is 40.1 Å². The molecule has 0 spiro atoms. The predicted octanol–water partition coefficient (Wildman–Crippen LogP) is 6.30. The number of piperazine rings is 1. The van der Waals surface area contributed by atoms with Crippen molar-refractivity contribution in [1.29, 1.82) is 0 Å². The van der Waals surface area contributed by atoms with E-state index in [1.54, 1.807) is 6.92 Å². The molecule has 2 aromatic carbocycles. The van der Waals surface area contributed by atoms with E-state index in [4.69, 9.17) is 16.3 Å². The highest BCUT2D eigenvalue weighted by Crippen LogP contribution is 2.40. The maximum atomic E-state index is 14.2. The molecule has 3 fully saturated rings. The molecule has 3 heterocycles. The van der Waals surface area contributed by atoms with Crippen molar-refractivity contribution in [3.8, 4) is 11.1 Å². The second-order valence-electron chi connectivity index (χ2n) is 11.6. The van der Waals surface area contributed by atoms with Crippen molar-refractivity contribution in [2.45, 2.75) is 44.8 Å². The highest BCUT2D eigenvalue weighted by molar-refractivity contribution is 6.31. The summed E-state index contributed by atoms with van der Waals surface area (Å²) in [6.07, 6.45) is -0.677. The molecular formula is C32H35ClF3N5O3. The molecule has 1 saturated carbocycles. The fourth-order valence-corrected chi connectivity index (χ4v) is 6.46. The van der Waals surface area contributed by atoms with Crippen LogP contribution in [0.5, 0.6) is 0 Å². The molecule has 2 aliphatic heterocycles. The third kappa shape index (κ3) is 6.24. The van der Waals surface area contributed by atoms with Crippen LogP contribution in [0, 0.1) is 5.92 Å². The van der Waals surface area contributed by atoms with Crippen molar-refractivity contribution in [1.82, 2.24) is 14.7 Å². The number of piperidine rings is 1. The smallest absolute Gasteiger partial charge is 0.433 e. The zero-order chi connectivity index (χ0) is 31.0. The normalized spacial score (nSPS) is 19.3. The van der Waals surface area contributed by atoms with Gasteiger partial charge in [0.1, 0.15) is 5.56 Å². The molecule has 3 aromatic rings. The average Bonchev–Trinajstić information content (AvgIpc) is 3.77. The van der Waals surface area contributed by atoms with Gasteiger partial charge in [-0.15, -0.1) is 0 Å². The lowest BCUT2D eigenvalue weighted by Gasteiger charge is -2.37. The number of aromatic nitrogens is 2. The molecule has 234 valence electrons. The standard InChI is InChI=1S/C32H35ClF3N5O3/c1-2-44-31(43)27-19-37-41(29(27)32(34,35)36)25-4-3-13-40(20-25)28-18-23(33)9-12-26(28)21-7-10-24(11-8-21)38-14-16-39(17-15-38)30(42)22-5-6-22/h7-12,18-19,22,25H,2-6,13-17,20H2,1H3. The van der Waals surface area contributed by atoms with Gasteiger partial charge in [0.05, 0.1) is 18.8 Å². The van der Waals surface area contributed by atoms with Gasteiger partial charge in [-0.05, 0) is 62.4 Å². The lowest BCUT2D eigenvalue weighted by molar-refractivity contribution is -0.145. The van der Waals surface area contributed by atoms with Crippen LogP contribution in [0.1, 0.15) is 54.7 Å². The van der Waals surface area contributed by atoms with Gasteiger partial charge in [-0.1, -0.05) is 29.8 Å². The summed E-state index contributed by atoms with van der Waals surface area (Å²) < 4.78 is 48.4. The summed E-state index contributed by atoms with van der Waals surface area (Å²) in [7, 11) is 0. The van der Waals surface area contributed by atoms with Crippen molar-refractivity contribution >= 4 is 34.9 Å². The number of amides is 1. The zero-order valence-electron chi connectivity index (χ0n) is 24.5. The van der Waals surface area contributed by atoms with E-state index in [-0.39, 0.29) is 25.0 Å². The first-order valence-corrected chi connectivity index (χ1v) is 15.5. The van der Waals surface area contributed by atoms with Crippen LogP contribution >= 0.6 is 11.6 Å². The minimum absolute atomic E-state index is 0.0327. The SMILES string of the molecule is CCOC(=O)c1cnn(C2CCCN(c3cc(Cl)ccc3-c3ccc(N4CCN(C(=O)C5CC5)CC4)cc3)C2)c1C(F)(F)F. The molecule has 0 bridgehead atoms. The Hall–Kier alpha value is -3.73. The third-order valence-electron chi connectivity index (χ3n) is 8.66. The molecule has 0 radical (unpaired) electrons. The molecule has 1 aliphatic carbocycles.